The number of thiazole rings is 1. The van der Waals surface area contributed by atoms with Gasteiger partial charge in [0.1, 0.15) is 0 Å². The second-order valence-electron chi connectivity index (χ2n) is 5.82. The van der Waals surface area contributed by atoms with Gasteiger partial charge >= 0.3 is 0 Å². The van der Waals surface area contributed by atoms with Crippen molar-refractivity contribution in [1.82, 2.24) is 20.6 Å². The molecule has 3 heterocycles. The first-order chi connectivity index (χ1) is 11.0. The Hall–Kier alpha value is -1.83. The molecule has 23 heavy (non-hydrogen) atoms. The summed E-state index contributed by atoms with van der Waals surface area (Å²) >= 11 is 1.59. The maximum atomic E-state index is 12.2. The highest BCUT2D eigenvalue weighted by atomic mass is 32.1. The Morgan fingerprint density at radius 2 is 2.30 bits per heavy atom. The van der Waals surface area contributed by atoms with E-state index in [-0.39, 0.29) is 18.0 Å². The van der Waals surface area contributed by atoms with Crippen molar-refractivity contribution in [1.29, 1.82) is 0 Å². The average molecular weight is 332 g/mol. The van der Waals surface area contributed by atoms with Gasteiger partial charge in [0.15, 0.2) is 0 Å². The Morgan fingerprint density at radius 3 is 2.87 bits per heavy atom. The number of carbonyl (C=O) groups excluding carboxylic acids is 1. The number of hydrogen-bond donors (Lipinski definition) is 3. The van der Waals surface area contributed by atoms with Gasteiger partial charge in [-0.15, -0.1) is 11.3 Å². The van der Waals surface area contributed by atoms with E-state index in [9.17, 15) is 9.90 Å². The minimum atomic E-state index is -0.443. The number of aliphatic hydroxyl groups is 1. The van der Waals surface area contributed by atoms with Crippen LogP contribution in [0.25, 0.3) is 10.4 Å². The fourth-order valence-electron chi connectivity index (χ4n) is 2.68. The second-order valence-corrected chi connectivity index (χ2v) is 6.67. The molecule has 0 bridgehead atoms. The maximum absolute atomic E-state index is 12.2. The third-order valence-electron chi connectivity index (χ3n) is 4.02. The van der Waals surface area contributed by atoms with E-state index < -0.39 is 6.10 Å². The van der Waals surface area contributed by atoms with Crippen LogP contribution in [0.5, 0.6) is 0 Å². The summed E-state index contributed by atoms with van der Waals surface area (Å²) in [6.45, 7) is 4.35. The SMILES string of the molecule is Cc1ncsc1-c1ccc(C(C)NC(=O)[C@@H]2C[C@@H](O)CN2)nc1. The molecule has 3 N–H and O–H groups in total. The smallest absolute Gasteiger partial charge is 0.237 e. The zero-order chi connectivity index (χ0) is 16.4. The van der Waals surface area contributed by atoms with E-state index in [0.29, 0.717) is 13.0 Å². The van der Waals surface area contributed by atoms with Crippen molar-refractivity contribution < 1.29 is 9.90 Å². The number of aryl methyl sites for hydroxylation is 1. The number of aliphatic hydroxyl groups excluding tert-OH is 1. The summed E-state index contributed by atoms with van der Waals surface area (Å²) in [7, 11) is 0. The Kier molecular flexibility index (Phi) is 4.70. The summed E-state index contributed by atoms with van der Waals surface area (Å²) in [6.07, 6.45) is 1.83. The van der Waals surface area contributed by atoms with E-state index in [2.05, 4.69) is 20.6 Å². The largest absolute Gasteiger partial charge is 0.392 e. The molecular weight excluding hydrogens is 312 g/mol. The summed E-state index contributed by atoms with van der Waals surface area (Å²) in [5.41, 5.74) is 4.66. The zero-order valence-electron chi connectivity index (χ0n) is 13.1. The number of rotatable bonds is 4. The van der Waals surface area contributed by atoms with Crippen molar-refractivity contribution in [2.45, 2.75) is 38.5 Å². The number of carbonyl (C=O) groups is 1. The summed E-state index contributed by atoms with van der Waals surface area (Å²) in [5.74, 6) is -0.0989. The highest BCUT2D eigenvalue weighted by molar-refractivity contribution is 7.13. The van der Waals surface area contributed by atoms with Crippen LogP contribution in [0.4, 0.5) is 0 Å². The van der Waals surface area contributed by atoms with Gasteiger partial charge in [-0.25, -0.2) is 4.98 Å². The molecule has 6 nitrogen and oxygen atoms in total. The molecule has 1 unspecified atom stereocenters. The molecule has 2 aromatic heterocycles. The lowest BCUT2D eigenvalue weighted by Crippen LogP contribution is -2.41. The summed E-state index contributed by atoms with van der Waals surface area (Å²) in [6, 6.07) is 3.42. The summed E-state index contributed by atoms with van der Waals surface area (Å²) in [4.78, 5) is 22.0. The van der Waals surface area contributed by atoms with Crippen LogP contribution in [-0.4, -0.2) is 39.7 Å². The summed E-state index contributed by atoms with van der Waals surface area (Å²) < 4.78 is 0. The van der Waals surface area contributed by atoms with Crippen molar-refractivity contribution >= 4 is 17.2 Å². The molecule has 0 saturated carbocycles. The monoisotopic (exact) mass is 332 g/mol. The van der Waals surface area contributed by atoms with Gasteiger partial charge in [-0.1, -0.05) is 6.07 Å². The third kappa shape index (κ3) is 3.57. The fraction of sp³-hybridized carbons (Fsp3) is 0.438. The predicted molar refractivity (Wildman–Crippen MR) is 89.1 cm³/mol. The van der Waals surface area contributed by atoms with Crippen LogP contribution in [-0.2, 0) is 4.79 Å². The molecule has 1 aliphatic heterocycles. The minimum absolute atomic E-state index is 0.0989. The first-order valence-corrected chi connectivity index (χ1v) is 8.51. The Bertz CT molecular complexity index is 686. The van der Waals surface area contributed by atoms with Gasteiger partial charge in [0.25, 0.3) is 0 Å². The molecule has 1 aliphatic rings. The van der Waals surface area contributed by atoms with Gasteiger partial charge in [-0.2, -0.15) is 0 Å². The van der Waals surface area contributed by atoms with Gasteiger partial charge in [-0.05, 0) is 26.3 Å². The van der Waals surface area contributed by atoms with E-state index in [1.807, 2.05) is 37.7 Å². The molecule has 2 aromatic rings. The van der Waals surface area contributed by atoms with Gasteiger partial charge in [-0.3, -0.25) is 9.78 Å². The molecule has 0 radical (unpaired) electrons. The minimum Gasteiger partial charge on any atom is -0.392 e. The topological polar surface area (TPSA) is 87.1 Å². The van der Waals surface area contributed by atoms with Crippen LogP contribution in [0.1, 0.15) is 30.8 Å². The molecule has 3 atom stereocenters. The highest BCUT2D eigenvalue weighted by Gasteiger charge is 2.28. The van der Waals surface area contributed by atoms with Crippen molar-refractivity contribution in [2.24, 2.45) is 0 Å². The quantitative estimate of drug-likeness (QED) is 0.788. The lowest BCUT2D eigenvalue weighted by molar-refractivity contribution is -0.123. The van der Waals surface area contributed by atoms with E-state index >= 15 is 0 Å². The van der Waals surface area contributed by atoms with E-state index in [0.717, 1.165) is 21.8 Å². The standard InChI is InChI=1S/C16H20N4O2S/c1-9(20-16(22)14-5-12(21)7-18-14)13-4-3-11(6-17-13)15-10(2)19-8-23-15/h3-4,6,8-9,12,14,18,21H,5,7H2,1-2H3,(H,20,22)/t9?,12-,14+/m1/s1. The lowest BCUT2D eigenvalue weighted by Gasteiger charge is -2.17. The van der Waals surface area contributed by atoms with Crippen molar-refractivity contribution in [3.8, 4) is 10.4 Å². The number of nitrogens with one attached hydrogen (secondary N) is 2. The maximum Gasteiger partial charge on any atom is 0.237 e. The van der Waals surface area contributed by atoms with Crippen molar-refractivity contribution in [2.75, 3.05) is 6.54 Å². The van der Waals surface area contributed by atoms with Crippen LogP contribution < -0.4 is 10.6 Å². The molecule has 1 amide bonds. The number of pyridine rings is 1. The van der Waals surface area contributed by atoms with Gasteiger partial charge in [0, 0.05) is 18.3 Å². The highest BCUT2D eigenvalue weighted by Crippen LogP contribution is 2.27. The number of β-amino-alcohol motifs (C(OH)–C–C–N with tert-alkyl or cyclic N) is 1. The van der Waals surface area contributed by atoms with Crippen LogP contribution in [0.15, 0.2) is 23.8 Å². The number of nitrogens with zero attached hydrogens (tertiary/aromatic N) is 2. The number of hydrogen-bond acceptors (Lipinski definition) is 6. The van der Waals surface area contributed by atoms with Crippen LogP contribution in [0.3, 0.4) is 0 Å². The normalized spacial score (nSPS) is 22.0. The predicted octanol–water partition coefficient (Wildman–Crippen LogP) is 1.41. The molecular formula is C16H20N4O2S. The van der Waals surface area contributed by atoms with Gasteiger partial charge in [0.05, 0.1) is 40.0 Å². The molecule has 0 aromatic carbocycles. The lowest BCUT2D eigenvalue weighted by atomic mass is 10.1. The van der Waals surface area contributed by atoms with E-state index in [1.165, 1.54) is 0 Å². The molecule has 7 heteroatoms. The first kappa shape index (κ1) is 16.0. The molecule has 0 aliphatic carbocycles. The Balaban J connectivity index is 1.65. The van der Waals surface area contributed by atoms with Crippen LogP contribution >= 0.6 is 11.3 Å². The molecule has 3 rings (SSSR count). The van der Waals surface area contributed by atoms with Crippen LogP contribution in [0.2, 0.25) is 0 Å². The van der Waals surface area contributed by atoms with Crippen molar-refractivity contribution in [3.05, 3.63) is 35.2 Å². The molecule has 0 spiro atoms. The second kappa shape index (κ2) is 6.74. The van der Waals surface area contributed by atoms with Gasteiger partial charge < -0.3 is 15.7 Å². The van der Waals surface area contributed by atoms with Gasteiger partial charge in [0.2, 0.25) is 5.91 Å². The Morgan fingerprint density at radius 1 is 1.48 bits per heavy atom. The summed E-state index contributed by atoms with van der Waals surface area (Å²) in [5, 5.41) is 15.4. The average Bonchev–Trinajstić information content (AvgIpc) is 3.16. The first-order valence-electron chi connectivity index (χ1n) is 7.63. The Labute approximate surface area is 139 Å². The van der Waals surface area contributed by atoms with E-state index in [4.69, 9.17) is 0 Å². The molecule has 122 valence electrons. The number of aromatic nitrogens is 2. The fourth-order valence-corrected chi connectivity index (χ4v) is 3.48. The zero-order valence-corrected chi connectivity index (χ0v) is 13.9. The van der Waals surface area contributed by atoms with E-state index in [1.54, 1.807) is 11.3 Å². The third-order valence-corrected chi connectivity index (χ3v) is 5.00. The molecule has 1 fully saturated rings. The molecule has 1 saturated heterocycles. The van der Waals surface area contributed by atoms with Crippen molar-refractivity contribution in [3.63, 3.8) is 0 Å². The number of amides is 1. The van der Waals surface area contributed by atoms with Crippen LogP contribution in [0, 0.1) is 6.92 Å².